The van der Waals surface area contributed by atoms with Crippen LogP contribution in [0.3, 0.4) is 0 Å². The van der Waals surface area contributed by atoms with E-state index < -0.39 is 0 Å². The molecule has 0 radical (unpaired) electrons. The molecular formula is C10H19BrO. The van der Waals surface area contributed by atoms with E-state index in [1.807, 2.05) is 0 Å². The van der Waals surface area contributed by atoms with Crippen LogP contribution in [0.15, 0.2) is 0 Å². The smallest absolute Gasteiger partial charge is 0.0778 e. The van der Waals surface area contributed by atoms with Crippen molar-refractivity contribution in [1.29, 1.82) is 0 Å². The van der Waals surface area contributed by atoms with Crippen molar-refractivity contribution in [2.24, 2.45) is 0 Å². The first-order valence-corrected chi connectivity index (χ1v) is 6.15. The van der Waals surface area contributed by atoms with E-state index in [1.165, 1.54) is 32.1 Å². The van der Waals surface area contributed by atoms with Gasteiger partial charge in [0.25, 0.3) is 0 Å². The molecule has 0 N–H and O–H groups in total. The average molecular weight is 235 g/mol. The highest BCUT2D eigenvalue weighted by molar-refractivity contribution is 9.09. The Morgan fingerprint density at radius 2 is 1.92 bits per heavy atom. The van der Waals surface area contributed by atoms with Gasteiger partial charge in [-0.1, -0.05) is 42.1 Å². The summed E-state index contributed by atoms with van der Waals surface area (Å²) in [5.41, 5.74) is 0.189. The van der Waals surface area contributed by atoms with E-state index in [4.69, 9.17) is 4.74 Å². The number of hydrogen-bond acceptors (Lipinski definition) is 1. The normalized spacial score (nSPS) is 22.5. The van der Waals surface area contributed by atoms with Crippen molar-refractivity contribution >= 4 is 15.9 Å². The van der Waals surface area contributed by atoms with E-state index in [2.05, 4.69) is 22.9 Å². The zero-order chi connectivity index (χ0) is 8.86. The Balaban J connectivity index is 2.37. The van der Waals surface area contributed by atoms with E-state index >= 15 is 0 Å². The second-order valence-electron chi connectivity index (χ2n) is 3.73. The van der Waals surface area contributed by atoms with Gasteiger partial charge in [0.15, 0.2) is 0 Å². The second-order valence-corrected chi connectivity index (χ2v) is 4.29. The standard InChI is InChI=1S/C10H19BrO/c1-2-8-12-10(9-11)6-4-3-5-7-10/h2-9H2,1H3. The fourth-order valence-electron chi connectivity index (χ4n) is 1.83. The SMILES string of the molecule is CCCOC1(CBr)CCCCC1. The Morgan fingerprint density at radius 3 is 2.42 bits per heavy atom. The van der Waals surface area contributed by atoms with Gasteiger partial charge in [0.1, 0.15) is 0 Å². The van der Waals surface area contributed by atoms with Crippen LogP contribution < -0.4 is 0 Å². The highest BCUT2D eigenvalue weighted by Gasteiger charge is 2.31. The molecule has 1 rings (SSSR count). The molecule has 1 aliphatic rings. The van der Waals surface area contributed by atoms with Gasteiger partial charge in [-0.3, -0.25) is 0 Å². The van der Waals surface area contributed by atoms with Crippen molar-refractivity contribution in [3.8, 4) is 0 Å². The molecule has 0 bridgehead atoms. The maximum atomic E-state index is 5.92. The molecule has 1 fully saturated rings. The molecule has 1 nitrogen and oxygen atoms in total. The van der Waals surface area contributed by atoms with Crippen LogP contribution in [0.2, 0.25) is 0 Å². The third kappa shape index (κ3) is 2.74. The molecule has 2 heteroatoms. The Kier molecular flexibility index (Phi) is 4.59. The highest BCUT2D eigenvalue weighted by Crippen LogP contribution is 2.33. The maximum Gasteiger partial charge on any atom is 0.0778 e. The molecule has 0 atom stereocenters. The molecule has 0 aromatic rings. The van der Waals surface area contributed by atoms with Crippen LogP contribution in [-0.4, -0.2) is 17.5 Å². The molecule has 72 valence electrons. The molecule has 0 amide bonds. The predicted octanol–water partition coefficient (Wildman–Crippen LogP) is 3.51. The molecule has 0 saturated heterocycles. The van der Waals surface area contributed by atoms with Crippen molar-refractivity contribution in [2.75, 3.05) is 11.9 Å². The predicted molar refractivity (Wildman–Crippen MR) is 55.9 cm³/mol. The van der Waals surface area contributed by atoms with Gasteiger partial charge in [0.05, 0.1) is 5.60 Å². The van der Waals surface area contributed by atoms with Crippen molar-refractivity contribution in [2.45, 2.75) is 51.0 Å². The van der Waals surface area contributed by atoms with Crippen LogP contribution in [-0.2, 0) is 4.74 Å². The van der Waals surface area contributed by atoms with Gasteiger partial charge in [-0.15, -0.1) is 0 Å². The molecule has 1 saturated carbocycles. The summed E-state index contributed by atoms with van der Waals surface area (Å²) in [6, 6.07) is 0. The topological polar surface area (TPSA) is 9.23 Å². The molecule has 0 aromatic heterocycles. The van der Waals surface area contributed by atoms with Crippen LogP contribution in [0, 0.1) is 0 Å². The van der Waals surface area contributed by atoms with Crippen molar-refractivity contribution in [3.05, 3.63) is 0 Å². The molecule has 0 aliphatic heterocycles. The number of halogens is 1. The lowest BCUT2D eigenvalue weighted by Gasteiger charge is -2.35. The van der Waals surface area contributed by atoms with Crippen LogP contribution in [0.4, 0.5) is 0 Å². The monoisotopic (exact) mass is 234 g/mol. The molecule has 0 spiro atoms. The van der Waals surface area contributed by atoms with E-state index in [9.17, 15) is 0 Å². The minimum absolute atomic E-state index is 0.189. The first-order chi connectivity index (χ1) is 5.83. The van der Waals surface area contributed by atoms with Gasteiger partial charge in [-0.25, -0.2) is 0 Å². The maximum absolute atomic E-state index is 5.92. The minimum Gasteiger partial charge on any atom is -0.374 e. The summed E-state index contributed by atoms with van der Waals surface area (Å²) in [5, 5.41) is 1.01. The van der Waals surface area contributed by atoms with Gasteiger partial charge >= 0.3 is 0 Å². The summed E-state index contributed by atoms with van der Waals surface area (Å²) in [6.45, 7) is 3.09. The Morgan fingerprint density at radius 1 is 1.25 bits per heavy atom. The van der Waals surface area contributed by atoms with Crippen LogP contribution in [0.25, 0.3) is 0 Å². The Hall–Kier alpha value is 0.440. The van der Waals surface area contributed by atoms with Crippen LogP contribution in [0.5, 0.6) is 0 Å². The van der Waals surface area contributed by atoms with Gasteiger partial charge < -0.3 is 4.74 Å². The van der Waals surface area contributed by atoms with E-state index in [0.717, 1.165) is 18.4 Å². The van der Waals surface area contributed by atoms with Crippen LogP contribution >= 0.6 is 15.9 Å². The molecule has 0 unspecified atom stereocenters. The summed E-state index contributed by atoms with van der Waals surface area (Å²) in [5.74, 6) is 0. The second kappa shape index (κ2) is 5.23. The number of ether oxygens (including phenoxy) is 1. The minimum atomic E-state index is 0.189. The average Bonchev–Trinajstić information content (AvgIpc) is 2.16. The fraction of sp³-hybridized carbons (Fsp3) is 1.00. The summed E-state index contributed by atoms with van der Waals surface area (Å²) in [6.07, 6.45) is 7.71. The van der Waals surface area contributed by atoms with E-state index in [0.29, 0.717) is 0 Å². The lowest BCUT2D eigenvalue weighted by atomic mass is 9.86. The highest BCUT2D eigenvalue weighted by atomic mass is 79.9. The zero-order valence-corrected chi connectivity index (χ0v) is 9.53. The fourth-order valence-corrected chi connectivity index (χ4v) is 2.55. The lowest BCUT2D eigenvalue weighted by molar-refractivity contribution is -0.0510. The zero-order valence-electron chi connectivity index (χ0n) is 7.94. The van der Waals surface area contributed by atoms with Gasteiger partial charge in [0, 0.05) is 11.9 Å². The molecule has 12 heavy (non-hydrogen) atoms. The summed E-state index contributed by atoms with van der Waals surface area (Å²) < 4.78 is 5.92. The summed E-state index contributed by atoms with van der Waals surface area (Å²) in [7, 11) is 0. The van der Waals surface area contributed by atoms with E-state index in [1.54, 1.807) is 0 Å². The third-order valence-corrected chi connectivity index (χ3v) is 3.64. The largest absolute Gasteiger partial charge is 0.374 e. The number of alkyl halides is 1. The summed E-state index contributed by atoms with van der Waals surface area (Å²) in [4.78, 5) is 0. The summed E-state index contributed by atoms with van der Waals surface area (Å²) >= 11 is 3.57. The first kappa shape index (κ1) is 10.5. The number of rotatable bonds is 4. The quantitative estimate of drug-likeness (QED) is 0.677. The molecular weight excluding hydrogens is 216 g/mol. The van der Waals surface area contributed by atoms with Crippen LogP contribution in [0.1, 0.15) is 45.4 Å². The third-order valence-electron chi connectivity index (χ3n) is 2.62. The molecule has 1 aliphatic carbocycles. The van der Waals surface area contributed by atoms with Crippen molar-refractivity contribution < 1.29 is 4.74 Å². The Labute approximate surface area is 84.0 Å². The van der Waals surface area contributed by atoms with Crippen molar-refractivity contribution in [1.82, 2.24) is 0 Å². The van der Waals surface area contributed by atoms with E-state index in [-0.39, 0.29) is 5.60 Å². The Bertz CT molecular complexity index is 119. The van der Waals surface area contributed by atoms with Gasteiger partial charge in [-0.05, 0) is 19.3 Å². The van der Waals surface area contributed by atoms with Gasteiger partial charge in [-0.2, -0.15) is 0 Å². The number of hydrogen-bond donors (Lipinski definition) is 0. The van der Waals surface area contributed by atoms with Gasteiger partial charge in [0.2, 0.25) is 0 Å². The molecule has 0 aromatic carbocycles. The molecule has 0 heterocycles. The first-order valence-electron chi connectivity index (χ1n) is 5.03. The van der Waals surface area contributed by atoms with Crippen molar-refractivity contribution in [3.63, 3.8) is 0 Å². The lowest BCUT2D eigenvalue weighted by Crippen LogP contribution is -2.37.